The Hall–Kier alpha value is -0.690. The van der Waals surface area contributed by atoms with Gasteiger partial charge in [-0.3, -0.25) is 4.79 Å². The van der Waals surface area contributed by atoms with Crippen LogP contribution >= 0.6 is 0 Å². The van der Waals surface area contributed by atoms with Gasteiger partial charge in [0.25, 0.3) is 0 Å². The van der Waals surface area contributed by atoms with Crippen LogP contribution in [0.2, 0.25) is 0 Å². The van der Waals surface area contributed by atoms with Crippen LogP contribution in [0.5, 0.6) is 0 Å². The smallest absolute Gasteiger partial charge is 0.237 e. The molecule has 1 fully saturated rings. The lowest BCUT2D eigenvalue weighted by atomic mass is 10.2. The van der Waals surface area contributed by atoms with Crippen LogP contribution in [0.15, 0.2) is 0 Å². The zero-order chi connectivity index (χ0) is 13.4. The lowest BCUT2D eigenvalue weighted by Gasteiger charge is -2.12. The molecule has 2 unspecified atom stereocenters. The van der Waals surface area contributed by atoms with Crippen LogP contribution < -0.4 is 10.6 Å². The van der Waals surface area contributed by atoms with Crippen LogP contribution in [0.1, 0.15) is 6.42 Å². The van der Waals surface area contributed by atoms with Crippen LogP contribution in [-0.2, 0) is 14.3 Å². The average Bonchev–Trinajstić information content (AvgIpc) is 2.81. The van der Waals surface area contributed by atoms with Crippen molar-refractivity contribution in [3.05, 3.63) is 0 Å². The number of nitrogens with zero attached hydrogens (tertiary/aromatic N) is 1. The molecule has 0 aromatic carbocycles. The van der Waals surface area contributed by atoms with E-state index in [4.69, 9.17) is 9.47 Å². The van der Waals surface area contributed by atoms with Crippen molar-refractivity contribution in [1.82, 2.24) is 15.5 Å². The van der Waals surface area contributed by atoms with E-state index in [9.17, 15) is 4.79 Å². The zero-order valence-electron chi connectivity index (χ0n) is 11.6. The molecule has 6 nitrogen and oxygen atoms in total. The topological polar surface area (TPSA) is 62.8 Å². The lowest BCUT2D eigenvalue weighted by Crippen LogP contribution is -2.41. The molecule has 0 aliphatic carbocycles. The Balaban J connectivity index is 2.00. The molecule has 6 heteroatoms. The van der Waals surface area contributed by atoms with E-state index >= 15 is 0 Å². The van der Waals surface area contributed by atoms with Crippen molar-refractivity contribution in [3.8, 4) is 0 Å². The molecule has 1 saturated heterocycles. The summed E-state index contributed by atoms with van der Waals surface area (Å²) in [7, 11) is 5.68. The molecule has 1 heterocycles. The molecule has 2 atom stereocenters. The number of carbonyl (C=O) groups is 1. The summed E-state index contributed by atoms with van der Waals surface area (Å²) in [5.41, 5.74) is 0. The number of rotatable bonds is 8. The minimum Gasteiger partial charge on any atom is -0.380 e. The lowest BCUT2D eigenvalue weighted by molar-refractivity contribution is -0.123. The summed E-state index contributed by atoms with van der Waals surface area (Å²) >= 11 is 0. The first-order valence-electron chi connectivity index (χ1n) is 6.40. The summed E-state index contributed by atoms with van der Waals surface area (Å²) in [6.45, 7) is 3.44. The maximum atomic E-state index is 11.8. The van der Waals surface area contributed by atoms with Crippen LogP contribution in [-0.4, -0.2) is 77.0 Å². The van der Waals surface area contributed by atoms with Gasteiger partial charge in [0.1, 0.15) is 0 Å². The fourth-order valence-corrected chi connectivity index (χ4v) is 1.80. The minimum absolute atomic E-state index is 0.0331. The third-order valence-corrected chi connectivity index (χ3v) is 2.97. The Morgan fingerprint density at radius 2 is 2.22 bits per heavy atom. The number of ether oxygens (including phenoxy) is 2. The van der Waals surface area contributed by atoms with E-state index in [2.05, 4.69) is 15.5 Å². The number of amides is 1. The van der Waals surface area contributed by atoms with Crippen LogP contribution in [0, 0.1) is 0 Å². The molecule has 2 N–H and O–H groups in total. The first-order chi connectivity index (χ1) is 8.63. The normalized spacial score (nSPS) is 23.6. The maximum Gasteiger partial charge on any atom is 0.237 e. The Kier molecular flexibility index (Phi) is 7.19. The van der Waals surface area contributed by atoms with Crippen molar-refractivity contribution in [2.45, 2.75) is 18.6 Å². The molecular weight excluding hydrogens is 234 g/mol. The maximum absolute atomic E-state index is 11.8. The molecule has 0 saturated carbocycles. The highest BCUT2D eigenvalue weighted by molar-refractivity contribution is 5.82. The predicted molar refractivity (Wildman–Crippen MR) is 69.6 cm³/mol. The molecule has 0 aromatic heterocycles. The first kappa shape index (κ1) is 15.4. The van der Waals surface area contributed by atoms with Gasteiger partial charge < -0.3 is 25.0 Å². The summed E-state index contributed by atoms with van der Waals surface area (Å²) in [5.74, 6) is 0.0331. The molecule has 0 spiro atoms. The summed E-state index contributed by atoms with van der Waals surface area (Å²) < 4.78 is 10.6. The summed E-state index contributed by atoms with van der Waals surface area (Å²) in [6, 6.07) is -0.128. The highest BCUT2D eigenvalue weighted by Gasteiger charge is 2.28. The molecular formula is C12H25N3O3. The Morgan fingerprint density at radius 3 is 2.83 bits per heavy atom. The van der Waals surface area contributed by atoms with Gasteiger partial charge in [0.05, 0.1) is 25.4 Å². The molecule has 1 rings (SSSR count). The second-order valence-corrected chi connectivity index (χ2v) is 4.76. The second-order valence-electron chi connectivity index (χ2n) is 4.76. The fourth-order valence-electron chi connectivity index (χ4n) is 1.80. The largest absolute Gasteiger partial charge is 0.380 e. The molecule has 106 valence electrons. The number of nitrogens with one attached hydrogen (secondary N) is 2. The van der Waals surface area contributed by atoms with Crippen molar-refractivity contribution in [3.63, 3.8) is 0 Å². The van der Waals surface area contributed by atoms with Crippen molar-refractivity contribution in [2.75, 3.05) is 54.1 Å². The molecule has 0 aromatic rings. The molecule has 0 radical (unpaired) electrons. The molecule has 18 heavy (non-hydrogen) atoms. The van der Waals surface area contributed by atoms with Crippen molar-refractivity contribution >= 4 is 5.91 Å². The number of methoxy groups -OCH3 is 1. The molecule has 0 bridgehead atoms. The van der Waals surface area contributed by atoms with Crippen molar-refractivity contribution < 1.29 is 14.3 Å². The summed E-state index contributed by atoms with van der Waals surface area (Å²) in [5, 5.41) is 6.00. The molecule has 1 amide bonds. The van der Waals surface area contributed by atoms with E-state index in [1.165, 1.54) is 0 Å². The minimum atomic E-state index is -0.128. The van der Waals surface area contributed by atoms with E-state index in [0.29, 0.717) is 19.8 Å². The van der Waals surface area contributed by atoms with Gasteiger partial charge in [0.2, 0.25) is 5.91 Å². The van der Waals surface area contributed by atoms with Crippen LogP contribution in [0.3, 0.4) is 0 Å². The van der Waals surface area contributed by atoms with Gasteiger partial charge in [0.15, 0.2) is 0 Å². The fraction of sp³-hybridized carbons (Fsp3) is 0.917. The van der Waals surface area contributed by atoms with Gasteiger partial charge >= 0.3 is 0 Å². The van der Waals surface area contributed by atoms with E-state index in [0.717, 1.165) is 19.5 Å². The highest BCUT2D eigenvalue weighted by Crippen LogP contribution is 2.09. The van der Waals surface area contributed by atoms with Gasteiger partial charge in [-0.2, -0.15) is 0 Å². The van der Waals surface area contributed by atoms with Gasteiger partial charge in [0, 0.05) is 26.7 Å². The quantitative estimate of drug-likeness (QED) is 0.551. The zero-order valence-corrected chi connectivity index (χ0v) is 11.6. The first-order valence-corrected chi connectivity index (χ1v) is 6.40. The number of hydrogen-bond acceptors (Lipinski definition) is 5. The highest BCUT2D eigenvalue weighted by atomic mass is 16.5. The molecule has 1 aliphatic rings. The van der Waals surface area contributed by atoms with E-state index < -0.39 is 0 Å². The van der Waals surface area contributed by atoms with Crippen LogP contribution in [0.4, 0.5) is 0 Å². The van der Waals surface area contributed by atoms with Gasteiger partial charge in [-0.15, -0.1) is 0 Å². The monoisotopic (exact) mass is 259 g/mol. The van der Waals surface area contributed by atoms with Gasteiger partial charge in [-0.05, 0) is 20.5 Å². The van der Waals surface area contributed by atoms with Crippen LogP contribution in [0.25, 0.3) is 0 Å². The number of hydrogen-bond donors (Lipinski definition) is 2. The summed E-state index contributed by atoms with van der Waals surface area (Å²) in [6.07, 6.45) is 0.890. The SMILES string of the molecule is COC1CNC(C(=O)NCCOCCN(C)C)C1. The standard InChI is InChI=1S/C12H25N3O3/c1-15(2)5-7-18-6-4-13-12(16)11-8-10(17-3)9-14-11/h10-11,14H,4-9H2,1-3H3,(H,13,16). The van der Waals surface area contributed by atoms with E-state index in [1.807, 2.05) is 14.1 Å². The Morgan fingerprint density at radius 1 is 1.44 bits per heavy atom. The Bertz CT molecular complexity index is 249. The van der Waals surface area contributed by atoms with Crippen molar-refractivity contribution in [1.29, 1.82) is 0 Å². The van der Waals surface area contributed by atoms with Gasteiger partial charge in [-0.1, -0.05) is 0 Å². The Labute approximate surface area is 109 Å². The third kappa shape index (κ3) is 5.77. The second kappa shape index (κ2) is 8.42. The molecule has 1 aliphatic heterocycles. The van der Waals surface area contributed by atoms with Gasteiger partial charge in [-0.25, -0.2) is 0 Å². The number of likely N-dealkylation sites (N-methyl/N-ethyl adjacent to an activating group) is 1. The predicted octanol–water partition coefficient (Wildman–Crippen LogP) is -0.942. The van der Waals surface area contributed by atoms with E-state index in [1.54, 1.807) is 7.11 Å². The average molecular weight is 259 g/mol. The summed E-state index contributed by atoms with van der Waals surface area (Å²) in [4.78, 5) is 13.8. The van der Waals surface area contributed by atoms with E-state index in [-0.39, 0.29) is 18.1 Å². The van der Waals surface area contributed by atoms with Crippen molar-refractivity contribution in [2.24, 2.45) is 0 Å². The third-order valence-electron chi connectivity index (χ3n) is 2.97. The number of carbonyl (C=O) groups excluding carboxylic acids is 1.